The van der Waals surface area contributed by atoms with Crippen LogP contribution in [0.1, 0.15) is 0 Å². The Bertz CT molecular complexity index is 877. The highest BCUT2D eigenvalue weighted by Crippen LogP contribution is 2.44. The second kappa shape index (κ2) is 18.1. The van der Waals surface area contributed by atoms with Crippen LogP contribution in [0.3, 0.4) is 0 Å². The molecule has 0 saturated carbocycles. The van der Waals surface area contributed by atoms with E-state index in [4.69, 9.17) is 30.6 Å². The summed E-state index contributed by atoms with van der Waals surface area (Å²) in [6, 6.07) is 0. The van der Waals surface area contributed by atoms with Gasteiger partial charge >= 0.3 is 0 Å². The number of aliphatic hydroxyl groups excluding tert-OH is 1. The predicted molar refractivity (Wildman–Crippen MR) is 206 cm³/mol. The van der Waals surface area contributed by atoms with Crippen molar-refractivity contribution in [3.8, 4) is 0 Å². The third-order valence-electron chi connectivity index (χ3n) is 4.68. The average molecular weight is 784 g/mol. The van der Waals surface area contributed by atoms with Crippen molar-refractivity contribution in [1.82, 2.24) is 0 Å². The molecular weight excluding hydrogens is 712 g/mol. The standard InChI is InChI=1S/C21H54O6Si5.C6H19O4PSi2/c1-28(2,3)23-17-19(25-30(7,8)9)21(27-32(13,14)15)20(26-31(10,11)12)18(16-22)24-29(4,5)6;1-12(2,3)9-11(7,8)10-13(4,5)6/h18-22H,16-17H2,1-15H3;1-6H3,(H,7,8)/p-1/t18-,19-,20-,21-;/m1./s1. The van der Waals surface area contributed by atoms with Crippen molar-refractivity contribution in [2.75, 3.05) is 13.2 Å². The van der Waals surface area contributed by atoms with Crippen LogP contribution in [0, 0.1) is 0 Å². The van der Waals surface area contributed by atoms with Gasteiger partial charge < -0.3 is 40.6 Å². The average Bonchev–Trinajstić information content (AvgIpc) is 2.65. The van der Waals surface area contributed by atoms with Gasteiger partial charge in [-0.15, -0.1) is 0 Å². The minimum Gasteiger partial charge on any atom is -0.757 e. The minimum absolute atomic E-state index is 0.112. The molecule has 0 aliphatic heterocycles. The van der Waals surface area contributed by atoms with E-state index in [2.05, 4.69) is 98.2 Å². The number of hydrogen-bond donors (Lipinski definition) is 1. The Balaban J connectivity index is 0. The number of hydrogen-bond acceptors (Lipinski definition) is 10. The van der Waals surface area contributed by atoms with E-state index >= 15 is 0 Å². The predicted octanol–water partition coefficient (Wildman–Crippen LogP) is 7.87. The fraction of sp³-hybridized carbons (Fsp3) is 1.00. The van der Waals surface area contributed by atoms with Gasteiger partial charge in [0, 0.05) is 0 Å². The molecule has 0 spiro atoms. The summed E-state index contributed by atoms with van der Waals surface area (Å²) in [5.41, 5.74) is 0. The molecule has 0 bridgehead atoms. The van der Waals surface area contributed by atoms with E-state index in [1.54, 1.807) is 0 Å². The molecule has 0 aromatic rings. The maximum absolute atomic E-state index is 11.3. The summed E-state index contributed by atoms with van der Waals surface area (Å²) in [6.07, 6.45) is -1.53. The molecule has 0 amide bonds. The van der Waals surface area contributed by atoms with E-state index in [0.717, 1.165) is 0 Å². The molecule has 0 saturated heterocycles. The summed E-state index contributed by atoms with van der Waals surface area (Å²) >= 11 is 0. The van der Waals surface area contributed by atoms with Gasteiger partial charge in [0.2, 0.25) is 7.82 Å². The van der Waals surface area contributed by atoms with Crippen molar-refractivity contribution >= 4 is 66.0 Å². The first-order valence-corrected chi connectivity index (χ1v) is 41.3. The van der Waals surface area contributed by atoms with Gasteiger partial charge in [-0.3, -0.25) is 4.57 Å². The van der Waals surface area contributed by atoms with Crippen LogP contribution in [0.15, 0.2) is 0 Å². The van der Waals surface area contributed by atoms with Gasteiger partial charge in [0.15, 0.2) is 58.2 Å². The summed E-state index contributed by atoms with van der Waals surface area (Å²) in [7, 11) is -17.8. The molecule has 0 aromatic carbocycles. The van der Waals surface area contributed by atoms with Crippen LogP contribution in [0.4, 0.5) is 0 Å². The first-order valence-electron chi connectivity index (χ1n) is 16.0. The van der Waals surface area contributed by atoms with Crippen molar-refractivity contribution < 1.29 is 45.1 Å². The Kier molecular flexibility index (Phi) is 19.5. The van der Waals surface area contributed by atoms with Gasteiger partial charge in [-0.1, -0.05) is 0 Å². The van der Waals surface area contributed by atoms with Crippen molar-refractivity contribution in [1.29, 1.82) is 0 Å². The maximum Gasteiger partial charge on any atom is 0.248 e. The molecule has 0 aliphatic carbocycles. The zero-order chi connectivity index (χ0) is 36.7. The first kappa shape index (κ1) is 48.5. The SMILES string of the molecule is C[Si](C)(C)OC[C@@H](O[Si](C)(C)C)[C@@H](O[Si](C)(C)C)[C@H](O[Si](C)(C)C)[C@@H](CO)O[Si](C)(C)C.C[Si](C)(C)OP(=O)([O-])O[Si](C)(C)C. The quantitative estimate of drug-likeness (QED) is 0.102. The van der Waals surface area contributed by atoms with Crippen molar-refractivity contribution in [3.63, 3.8) is 0 Å². The molecule has 274 valence electrons. The third-order valence-corrected chi connectivity index (χ3v) is 15.9. The van der Waals surface area contributed by atoms with E-state index in [1.807, 2.05) is 39.3 Å². The second-order valence-electron chi connectivity index (χ2n) is 18.4. The molecule has 0 rings (SSSR count). The summed E-state index contributed by atoms with van der Waals surface area (Å²) in [5.74, 6) is 0. The summed E-state index contributed by atoms with van der Waals surface area (Å²) in [5, 5.41) is 10.4. The summed E-state index contributed by atoms with van der Waals surface area (Å²) in [6.45, 7) is 43.8. The Morgan fingerprint density at radius 2 is 0.778 bits per heavy atom. The molecule has 0 aromatic heterocycles. The van der Waals surface area contributed by atoms with Crippen LogP contribution in [-0.4, -0.2) is 101 Å². The molecule has 18 heteroatoms. The maximum atomic E-state index is 11.3. The summed E-state index contributed by atoms with van der Waals surface area (Å²) in [4.78, 5) is 11.3. The van der Waals surface area contributed by atoms with E-state index in [-0.39, 0.29) is 18.8 Å². The van der Waals surface area contributed by atoms with E-state index in [1.165, 1.54) is 0 Å². The molecule has 0 radical (unpaired) electrons. The normalized spacial score (nSPS) is 17.3. The molecule has 0 aliphatic rings. The Morgan fingerprint density at radius 3 is 1.02 bits per heavy atom. The van der Waals surface area contributed by atoms with Crippen molar-refractivity contribution in [2.45, 2.75) is 162 Å². The van der Waals surface area contributed by atoms with E-state index < -0.39 is 78.3 Å². The molecule has 0 fully saturated rings. The second-order valence-corrected chi connectivity index (χ2v) is 51.5. The van der Waals surface area contributed by atoms with Crippen LogP contribution in [0.2, 0.25) is 137 Å². The van der Waals surface area contributed by atoms with Crippen molar-refractivity contribution in [3.05, 3.63) is 0 Å². The van der Waals surface area contributed by atoms with Gasteiger partial charge in [-0.05, 0) is 137 Å². The third kappa shape index (κ3) is 30.0. The molecule has 45 heavy (non-hydrogen) atoms. The molecular formula is C27H72O10PSi7-. The lowest BCUT2D eigenvalue weighted by Gasteiger charge is -2.45. The Morgan fingerprint density at radius 1 is 0.489 bits per heavy atom. The summed E-state index contributed by atoms with van der Waals surface area (Å²) < 4.78 is 54.3. The monoisotopic (exact) mass is 783 g/mol. The van der Waals surface area contributed by atoms with Crippen LogP contribution in [-0.2, 0) is 35.1 Å². The number of phosphoric acid groups is 1. The molecule has 0 unspecified atom stereocenters. The zero-order valence-corrected chi connectivity index (χ0v) is 40.7. The molecule has 4 atom stereocenters. The molecule has 0 heterocycles. The Labute approximate surface area is 285 Å². The zero-order valence-electron chi connectivity index (χ0n) is 32.8. The lowest BCUT2D eigenvalue weighted by molar-refractivity contribution is -0.210. The topological polar surface area (TPSA) is 125 Å². The smallest absolute Gasteiger partial charge is 0.248 e. The van der Waals surface area contributed by atoms with Gasteiger partial charge in [0.1, 0.15) is 0 Å². The fourth-order valence-electron chi connectivity index (χ4n) is 3.86. The van der Waals surface area contributed by atoms with Crippen LogP contribution in [0.5, 0.6) is 0 Å². The van der Waals surface area contributed by atoms with Crippen LogP contribution >= 0.6 is 7.82 Å². The largest absolute Gasteiger partial charge is 0.757 e. The van der Waals surface area contributed by atoms with E-state index in [0.29, 0.717) is 6.61 Å². The Hall–Kier alpha value is 1.39. The molecule has 10 nitrogen and oxygen atoms in total. The highest BCUT2D eigenvalue weighted by molar-refractivity contribution is 7.49. The van der Waals surface area contributed by atoms with Gasteiger partial charge in [-0.2, -0.15) is 0 Å². The van der Waals surface area contributed by atoms with E-state index in [9.17, 15) is 14.6 Å². The highest BCUT2D eigenvalue weighted by Gasteiger charge is 2.44. The lowest BCUT2D eigenvalue weighted by Crippen LogP contribution is -2.60. The first-order chi connectivity index (χ1) is 19.3. The van der Waals surface area contributed by atoms with Gasteiger partial charge in [0.05, 0.1) is 37.6 Å². The fourth-order valence-corrected chi connectivity index (χ4v) is 14.8. The number of aliphatic hydroxyl groups is 1. The van der Waals surface area contributed by atoms with Crippen molar-refractivity contribution in [2.24, 2.45) is 0 Å². The lowest BCUT2D eigenvalue weighted by atomic mass is 10.0. The van der Waals surface area contributed by atoms with Crippen LogP contribution < -0.4 is 4.89 Å². The van der Waals surface area contributed by atoms with Gasteiger partial charge in [-0.25, -0.2) is 0 Å². The number of rotatable bonds is 19. The van der Waals surface area contributed by atoms with Crippen LogP contribution in [0.25, 0.3) is 0 Å². The minimum atomic E-state index is -4.06. The van der Waals surface area contributed by atoms with Gasteiger partial charge in [0.25, 0.3) is 0 Å². The highest BCUT2D eigenvalue weighted by atomic mass is 31.2. The molecule has 1 N–H and O–H groups in total.